The molecule has 3 heteroatoms. The van der Waals surface area contributed by atoms with E-state index < -0.39 is 0 Å². The van der Waals surface area contributed by atoms with Crippen molar-refractivity contribution in [3.05, 3.63) is 29.8 Å². The third-order valence-electron chi connectivity index (χ3n) is 2.81. The van der Waals surface area contributed by atoms with Crippen LogP contribution >= 0.6 is 0 Å². The lowest BCUT2D eigenvalue weighted by atomic mass is 10.1. The molecule has 1 fully saturated rings. The maximum Gasteiger partial charge on any atom is 0.157 e. The van der Waals surface area contributed by atoms with E-state index in [9.17, 15) is 0 Å². The summed E-state index contributed by atoms with van der Waals surface area (Å²) in [6.07, 6.45) is 4.34. The van der Waals surface area contributed by atoms with Gasteiger partial charge in [0.25, 0.3) is 0 Å². The van der Waals surface area contributed by atoms with Gasteiger partial charge in [-0.1, -0.05) is 12.1 Å². The molecule has 0 radical (unpaired) electrons. The summed E-state index contributed by atoms with van der Waals surface area (Å²) in [7, 11) is 0. The first-order valence-corrected chi connectivity index (χ1v) is 5.92. The van der Waals surface area contributed by atoms with Crippen molar-refractivity contribution < 1.29 is 9.47 Å². The largest absolute Gasteiger partial charge is 0.399 e. The van der Waals surface area contributed by atoms with Gasteiger partial charge in [0.05, 0.1) is 6.61 Å². The van der Waals surface area contributed by atoms with Crippen LogP contribution in [-0.2, 0) is 15.9 Å². The van der Waals surface area contributed by atoms with Crippen molar-refractivity contribution in [1.29, 1.82) is 0 Å². The number of anilines is 1. The molecule has 0 aromatic heterocycles. The quantitative estimate of drug-likeness (QED) is 0.794. The number of nitrogens with two attached hydrogens (primary N) is 1. The molecule has 2 N–H and O–H groups in total. The van der Waals surface area contributed by atoms with E-state index in [0.717, 1.165) is 31.6 Å². The molecule has 0 saturated carbocycles. The minimum atomic E-state index is 0.0162. The smallest absolute Gasteiger partial charge is 0.157 e. The predicted molar refractivity (Wildman–Crippen MR) is 64.1 cm³/mol. The van der Waals surface area contributed by atoms with Gasteiger partial charge in [0.2, 0.25) is 0 Å². The minimum absolute atomic E-state index is 0.0162. The van der Waals surface area contributed by atoms with E-state index in [1.807, 2.05) is 24.3 Å². The standard InChI is InChI=1S/C13H19NO2/c14-12-6-4-11(5-7-12)8-10-16-13-3-1-2-9-15-13/h4-7,13H,1-3,8-10,14H2. The third kappa shape index (κ3) is 3.51. The number of hydrogen-bond acceptors (Lipinski definition) is 3. The average Bonchev–Trinajstić information content (AvgIpc) is 2.33. The summed E-state index contributed by atoms with van der Waals surface area (Å²) >= 11 is 0. The Labute approximate surface area is 96.5 Å². The predicted octanol–water partition coefficient (Wildman–Crippen LogP) is 2.35. The molecule has 0 spiro atoms. The molecule has 1 aromatic rings. The average molecular weight is 221 g/mol. The van der Waals surface area contributed by atoms with Gasteiger partial charge >= 0.3 is 0 Å². The summed E-state index contributed by atoms with van der Waals surface area (Å²) in [5, 5.41) is 0. The molecule has 0 aliphatic carbocycles. The zero-order valence-corrected chi connectivity index (χ0v) is 9.52. The SMILES string of the molecule is Nc1ccc(CCOC2CCCCO2)cc1. The highest BCUT2D eigenvalue weighted by atomic mass is 16.7. The zero-order valence-electron chi connectivity index (χ0n) is 9.52. The molecular formula is C13H19NO2. The molecular weight excluding hydrogens is 202 g/mol. The lowest BCUT2D eigenvalue weighted by Crippen LogP contribution is -2.23. The molecule has 0 amide bonds. The first-order chi connectivity index (χ1) is 7.84. The lowest BCUT2D eigenvalue weighted by molar-refractivity contribution is -0.161. The normalized spacial score (nSPS) is 20.9. The third-order valence-corrected chi connectivity index (χ3v) is 2.81. The second kappa shape index (κ2) is 5.87. The summed E-state index contributed by atoms with van der Waals surface area (Å²) in [5.74, 6) is 0. The van der Waals surface area contributed by atoms with Crippen LogP contribution in [0.25, 0.3) is 0 Å². The minimum Gasteiger partial charge on any atom is -0.399 e. The molecule has 1 saturated heterocycles. The van der Waals surface area contributed by atoms with Crippen LogP contribution in [0.1, 0.15) is 24.8 Å². The number of benzene rings is 1. The second-order valence-corrected chi connectivity index (χ2v) is 4.16. The summed E-state index contributed by atoms with van der Waals surface area (Å²) in [6, 6.07) is 7.93. The zero-order chi connectivity index (χ0) is 11.2. The van der Waals surface area contributed by atoms with Crippen molar-refractivity contribution in [3.63, 3.8) is 0 Å². The van der Waals surface area contributed by atoms with Crippen LogP contribution in [-0.4, -0.2) is 19.5 Å². The molecule has 1 aliphatic rings. The molecule has 1 aliphatic heterocycles. The maximum absolute atomic E-state index is 5.66. The van der Waals surface area contributed by atoms with E-state index in [-0.39, 0.29) is 6.29 Å². The highest BCUT2D eigenvalue weighted by molar-refractivity contribution is 5.39. The van der Waals surface area contributed by atoms with Gasteiger partial charge in [-0.2, -0.15) is 0 Å². The van der Waals surface area contributed by atoms with Gasteiger partial charge in [-0.15, -0.1) is 0 Å². The fraction of sp³-hybridized carbons (Fsp3) is 0.538. The fourth-order valence-electron chi connectivity index (χ4n) is 1.84. The Bertz CT molecular complexity index is 304. The number of ether oxygens (including phenoxy) is 2. The van der Waals surface area contributed by atoms with Crippen molar-refractivity contribution in [1.82, 2.24) is 0 Å². The van der Waals surface area contributed by atoms with Gasteiger partial charge in [0.15, 0.2) is 6.29 Å². The van der Waals surface area contributed by atoms with Crippen LogP contribution in [0.5, 0.6) is 0 Å². The van der Waals surface area contributed by atoms with Crippen molar-refractivity contribution in [2.24, 2.45) is 0 Å². The van der Waals surface area contributed by atoms with Crippen LogP contribution in [0.4, 0.5) is 5.69 Å². The van der Waals surface area contributed by atoms with Gasteiger partial charge in [-0.3, -0.25) is 0 Å². The van der Waals surface area contributed by atoms with E-state index >= 15 is 0 Å². The van der Waals surface area contributed by atoms with Crippen molar-refractivity contribution in [3.8, 4) is 0 Å². The molecule has 2 rings (SSSR count). The Morgan fingerprint density at radius 3 is 2.75 bits per heavy atom. The monoisotopic (exact) mass is 221 g/mol. The van der Waals surface area contributed by atoms with Gasteiger partial charge in [0, 0.05) is 12.3 Å². The Hall–Kier alpha value is -1.06. The number of hydrogen-bond donors (Lipinski definition) is 1. The van der Waals surface area contributed by atoms with Crippen molar-refractivity contribution in [2.45, 2.75) is 32.0 Å². The number of nitrogen functional groups attached to an aromatic ring is 1. The topological polar surface area (TPSA) is 44.5 Å². The number of rotatable bonds is 4. The first kappa shape index (κ1) is 11.4. The Morgan fingerprint density at radius 2 is 2.06 bits per heavy atom. The molecule has 3 nitrogen and oxygen atoms in total. The van der Waals surface area contributed by atoms with Gasteiger partial charge in [-0.05, 0) is 43.4 Å². The maximum atomic E-state index is 5.66. The van der Waals surface area contributed by atoms with E-state index in [1.165, 1.54) is 12.0 Å². The van der Waals surface area contributed by atoms with E-state index in [2.05, 4.69) is 0 Å². The Kier molecular flexibility index (Phi) is 4.19. The van der Waals surface area contributed by atoms with Gasteiger partial charge < -0.3 is 15.2 Å². The van der Waals surface area contributed by atoms with E-state index in [0.29, 0.717) is 6.61 Å². The van der Waals surface area contributed by atoms with Crippen LogP contribution < -0.4 is 5.73 Å². The molecule has 88 valence electrons. The van der Waals surface area contributed by atoms with Crippen molar-refractivity contribution in [2.75, 3.05) is 18.9 Å². The Balaban J connectivity index is 1.69. The molecule has 0 bridgehead atoms. The summed E-state index contributed by atoms with van der Waals surface area (Å²) in [5.41, 5.74) is 7.68. The molecule has 1 aromatic carbocycles. The molecule has 16 heavy (non-hydrogen) atoms. The highest BCUT2D eigenvalue weighted by Crippen LogP contribution is 2.14. The lowest BCUT2D eigenvalue weighted by Gasteiger charge is -2.22. The molecule has 1 atom stereocenters. The molecule has 1 unspecified atom stereocenters. The van der Waals surface area contributed by atoms with Gasteiger partial charge in [0.1, 0.15) is 0 Å². The van der Waals surface area contributed by atoms with Gasteiger partial charge in [-0.25, -0.2) is 0 Å². The summed E-state index contributed by atoms with van der Waals surface area (Å²) < 4.78 is 11.2. The second-order valence-electron chi connectivity index (χ2n) is 4.16. The Morgan fingerprint density at radius 1 is 1.25 bits per heavy atom. The van der Waals surface area contributed by atoms with Crippen LogP contribution in [0, 0.1) is 0 Å². The highest BCUT2D eigenvalue weighted by Gasteiger charge is 2.13. The fourth-order valence-corrected chi connectivity index (χ4v) is 1.84. The van der Waals surface area contributed by atoms with Crippen LogP contribution in [0.2, 0.25) is 0 Å². The van der Waals surface area contributed by atoms with Crippen LogP contribution in [0.15, 0.2) is 24.3 Å². The first-order valence-electron chi connectivity index (χ1n) is 5.92. The van der Waals surface area contributed by atoms with E-state index in [4.69, 9.17) is 15.2 Å². The molecule has 1 heterocycles. The summed E-state index contributed by atoms with van der Waals surface area (Å²) in [6.45, 7) is 1.56. The van der Waals surface area contributed by atoms with Crippen LogP contribution in [0.3, 0.4) is 0 Å². The summed E-state index contributed by atoms with van der Waals surface area (Å²) in [4.78, 5) is 0. The van der Waals surface area contributed by atoms with E-state index in [1.54, 1.807) is 0 Å². The van der Waals surface area contributed by atoms with Crippen molar-refractivity contribution >= 4 is 5.69 Å².